The number of benzene rings is 1. The fourth-order valence-electron chi connectivity index (χ4n) is 3.56. The Morgan fingerprint density at radius 3 is 2.76 bits per heavy atom. The summed E-state index contributed by atoms with van der Waals surface area (Å²) in [5.74, 6) is 1.15. The summed E-state index contributed by atoms with van der Waals surface area (Å²) in [4.78, 5) is 0. The normalized spacial score (nSPS) is 24.4. The molecule has 116 valence electrons. The van der Waals surface area contributed by atoms with E-state index in [0.717, 1.165) is 17.7 Å². The molecule has 0 bridgehead atoms. The highest BCUT2D eigenvalue weighted by atomic mass is 35.5. The van der Waals surface area contributed by atoms with Crippen molar-refractivity contribution < 1.29 is 9.47 Å². The maximum Gasteiger partial charge on any atom is 0.125 e. The molecule has 2 fully saturated rings. The molecule has 2 aliphatic rings. The third-order valence-electron chi connectivity index (χ3n) is 4.74. The third-order valence-corrected chi connectivity index (χ3v) is 5.36. The monoisotopic (exact) mass is 328 g/mol. The van der Waals surface area contributed by atoms with E-state index < -0.39 is 0 Å². The van der Waals surface area contributed by atoms with E-state index in [-0.39, 0.29) is 11.7 Å². The Balaban J connectivity index is 1.58. The summed E-state index contributed by atoms with van der Waals surface area (Å²) in [5, 5.41) is 0.665. The van der Waals surface area contributed by atoms with Gasteiger partial charge in [0, 0.05) is 10.6 Å². The SMILES string of the molecule is ClCc1c(Cl)cccc1OCC1CCC2(CCCCC2)O1. The average molecular weight is 329 g/mol. The van der Waals surface area contributed by atoms with Crippen molar-refractivity contribution in [3.05, 3.63) is 28.8 Å². The summed E-state index contributed by atoms with van der Waals surface area (Å²) in [6.45, 7) is 0.589. The lowest BCUT2D eigenvalue weighted by Crippen LogP contribution is -2.32. The summed E-state index contributed by atoms with van der Waals surface area (Å²) in [7, 11) is 0. The van der Waals surface area contributed by atoms with Crippen molar-refractivity contribution >= 4 is 23.2 Å². The molecule has 0 aromatic heterocycles. The van der Waals surface area contributed by atoms with E-state index in [0.29, 0.717) is 17.5 Å². The second kappa shape index (κ2) is 6.76. The van der Waals surface area contributed by atoms with Crippen LogP contribution in [-0.2, 0) is 10.6 Å². The lowest BCUT2D eigenvalue weighted by Gasteiger charge is -2.33. The van der Waals surface area contributed by atoms with Gasteiger partial charge < -0.3 is 9.47 Å². The molecule has 4 heteroatoms. The average Bonchev–Trinajstić information content (AvgIpc) is 2.88. The fourth-order valence-corrected chi connectivity index (χ4v) is 4.14. The highest BCUT2D eigenvalue weighted by Crippen LogP contribution is 2.42. The van der Waals surface area contributed by atoms with Gasteiger partial charge in [-0.25, -0.2) is 0 Å². The Hall–Kier alpha value is -0.440. The molecule has 1 spiro atoms. The Bertz CT molecular complexity index is 484. The third kappa shape index (κ3) is 3.49. The molecule has 1 atom stereocenters. The minimum absolute atomic E-state index is 0.149. The first-order chi connectivity index (χ1) is 10.2. The van der Waals surface area contributed by atoms with Crippen LogP contribution in [0.4, 0.5) is 0 Å². The molecule has 1 heterocycles. The molecule has 0 amide bonds. The Morgan fingerprint density at radius 2 is 2.00 bits per heavy atom. The molecule has 3 rings (SSSR count). The smallest absolute Gasteiger partial charge is 0.125 e. The number of hydrogen-bond acceptors (Lipinski definition) is 2. The van der Waals surface area contributed by atoms with Crippen molar-refractivity contribution in [3.8, 4) is 5.75 Å². The van der Waals surface area contributed by atoms with Gasteiger partial charge in [0.15, 0.2) is 0 Å². The van der Waals surface area contributed by atoms with Crippen LogP contribution >= 0.6 is 23.2 Å². The van der Waals surface area contributed by atoms with Crippen LogP contribution in [0.25, 0.3) is 0 Å². The van der Waals surface area contributed by atoms with Gasteiger partial charge in [0.05, 0.1) is 17.6 Å². The van der Waals surface area contributed by atoms with Gasteiger partial charge in [-0.3, -0.25) is 0 Å². The van der Waals surface area contributed by atoms with Crippen molar-refractivity contribution in [3.63, 3.8) is 0 Å². The Morgan fingerprint density at radius 1 is 1.19 bits per heavy atom. The van der Waals surface area contributed by atoms with E-state index in [1.54, 1.807) is 0 Å². The maximum absolute atomic E-state index is 6.32. The van der Waals surface area contributed by atoms with Crippen LogP contribution < -0.4 is 4.74 Å². The van der Waals surface area contributed by atoms with Crippen molar-refractivity contribution in [2.24, 2.45) is 0 Å². The Kier molecular flexibility index (Phi) is 4.98. The van der Waals surface area contributed by atoms with Gasteiger partial charge in [-0.05, 0) is 37.8 Å². The lowest BCUT2D eigenvalue weighted by atomic mass is 9.83. The van der Waals surface area contributed by atoms with Crippen LogP contribution in [0, 0.1) is 0 Å². The van der Waals surface area contributed by atoms with Crippen molar-refractivity contribution in [2.45, 2.75) is 62.5 Å². The van der Waals surface area contributed by atoms with E-state index in [1.807, 2.05) is 18.2 Å². The topological polar surface area (TPSA) is 18.5 Å². The van der Waals surface area contributed by atoms with Gasteiger partial charge in [0.2, 0.25) is 0 Å². The molecule has 21 heavy (non-hydrogen) atoms. The van der Waals surface area contributed by atoms with Gasteiger partial charge in [-0.1, -0.05) is 36.9 Å². The number of alkyl halides is 1. The summed E-state index contributed by atoms with van der Waals surface area (Å²) >= 11 is 12.1. The number of hydrogen-bond donors (Lipinski definition) is 0. The molecular formula is C17H22Cl2O2. The zero-order valence-corrected chi connectivity index (χ0v) is 13.8. The summed E-state index contributed by atoms with van der Waals surface area (Å²) in [6, 6.07) is 5.66. The second-order valence-electron chi connectivity index (χ2n) is 6.18. The van der Waals surface area contributed by atoms with E-state index in [1.165, 1.54) is 38.5 Å². The van der Waals surface area contributed by atoms with Crippen LogP contribution in [0.15, 0.2) is 18.2 Å². The van der Waals surface area contributed by atoms with Gasteiger partial charge in [-0.2, -0.15) is 0 Å². The predicted octanol–water partition coefficient (Wildman–Crippen LogP) is 5.34. The zero-order valence-electron chi connectivity index (χ0n) is 12.2. The number of rotatable bonds is 4. The molecule has 2 nitrogen and oxygen atoms in total. The molecule has 1 aromatic rings. The fraction of sp³-hybridized carbons (Fsp3) is 0.647. The van der Waals surface area contributed by atoms with Crippen LogP contribution in [0.5, 0.6) is 5.75 Å². The number of halogens is 2. The molecule has 0 N–H and O–H groups in total. The second-order valence-corrected chi connectivity index (χ2v) is 6.86. The highest BCUT2D eigenvalue weighted by Gasteiger charge is 2.40. The summed E-state index contributed by atoms with van der Waals surface area (Å²) in [5.41, 5.74) is 1.02. The summed E-state index contributed by atoms with van der Waals surface area (Å²) < 4.78 is 12.3. The molecule has 1 saturated heterocycles. The first-order valence-corrected chi connectivity index (χ1v) is 8.78. The van der Waals surface area contributed by atoms with Gasteiger partial charge >= 0.3 is 0 Å². The van der Waals surface area contributed by atoms with Crippen LogP contribution in [-0.4, -0.2) is 18.3 Å². The molecule has 1 aliphatic carbocycles. The van der Waals surface area contributed by atoms with Gasteiger partial charge in [0.25, 0.3) is 0 Å². The van der Waals surface area contributed by atoms with Crippen molar-refractivity contribution in [1.82, 2.24) is 0 Å². The Labute approximate surface area is 136 Å². The molecule has 1 saturated carbocycles. The minimum Gasteiger partial charge on any atom is -0.490 e. The van der Waals surface area contributed by atoms with E-state index in [4.69, 9.17) is 32.7 Å². The largest absolute Gasteiger partial charge is 0.490 e. The van der Waals surface area contributed by atoms with Crippen LogP contribution in [0.3, 0.4) is 0 Å². The van der Waals surface area contributed by atoms with E-state index >= 15 is 0 Å². The van der Waals surface area contributed by atoms with Gasteiger partial charge in [-0.15, -0.1) is 11.6 Å². The quantitative estimate of drug-likeness (QED) is 0.694. The first kappa shape index (κ1) is 15.5. The molecule has 0 radical (unpaired) electrons. The lowest BCUT2D eigenvalue weighted by molar-refractivity contribution is -0.0749. The summed E-state index contributed by atoms with van der Waals surface area (Å²) in [6.07, 6.45) is 8.87. The van der Waals surface area contributed by atoms with Crippen LogP contribution in [0.1, 0.15) is 50.5 Å². The highest BCUT2D eigenvalue weighted by molar-refractivity contribution is 6.32. The van der Waals surface area contributed by atoms with Crippen LogP contribution in [0.2, 0.25) is 5.02 Å². The molecule has 1 aliphatic heterocycles. The standard InChI is InChI=1S/C17H22Cl2O2/c18-11-14-15(19)5-4-6-16(14)20-12-13-7-10-17(21-13)8-2-1-3-9-17/h4-6,13H,1-3,7-12H2. The first-order valence-electron chi connectivity index (χ1n) is 7.86. The molecular weight excluding hydrogens is 307 g/mol. The minimum atomic E-state index is 0.149. The predicted molar refractivity (Wildman–Crippen MR) is 86.4 cm³/mol. The van der Waals surface area contributed by atoms with Gasteiger partial charge in [0.1, 0.15) is 12.4 Å². The molecule has 1 aromatic carbocycles. The van der Waals surface area contributed by atoms with Crippen molar-refractivity contribution in [2.75, 3.05) is 6.61 Å². The van der Waals surface area contributed by atoms with E-state index in [2.05, 4.69) is 0 Å². The maximum atomic E-state index is 6.32. The molecule has 1 unspecified atom stereocenters. The van der Waals surface area contributed by atoms with E-state index in [9.17, 15) is 0 Å². The number of ether oxygens (including phenoxy) is 2. The van der Waals surface area contributed by atoms with Crippen molar-refractivity contribution in [1.29, 1.82) is 0 Å². The zero-order chi connectivity index (χ0) is 14.7.